The summed E-state index contributed by atoms with van der Waals surface area (Å²) >= 11 is 0. The highest BCUT2D eigenvalue weighted by atomic mass is 19.1. The van der Waals surface area contributed by atoms with Crippen LogP contribution in [-0.2, 0) is 14.3 Å². The fourth-order valence-electron chi connectivity index (χ4n) is 2.29. The molecule has 23 heavy (non-hydrogen) atoms. The Balaban J connectivity index is 2.20. The van der Waals surface area contributed by atoms with Crippen molar-refractivity contribution in [3.8, 4) is 0 Å². The second kappa shape index (κ2) is 7.73. The van der Waals surface area contributed by atoms with Gasteiger partial charge in [0.25, 0.3) is 0 Å². The van der Waals surface area contributed by atoms with E-state index >= 15 is 0 Å². The van der Waals surface area contributed by atoms with Crippen LogP contribution in [0.4, 0.5) is 9.18 Å². The molecule has 1 heterocycles. The number of carbonyl (C=O) groups is 2. The Morgan fingerprint density at radius 3 is 2.61 bits per heavy atom. The van der Waals surface area contributed by atoms with Gasteiger partial charge in [-0.15, -0.1) is 0 Å². The number of esters is 1. The Kier molecular flexibility index (Phi) is 5.70. The van der Waals surface area contributed by atoms with Crippen molar-refractivity contribution in [1.82, 2.24) is 10.6 Å². The highest BCUT2D eigenvalue weighted by Gasteiger charge is 2.32. The van der Waals surface area contributed by atoms with E-state index in [9.17, 15) is 14.0 Å². The molecule has 2 N–H and O–H groups in total. The lowest BCUT2D eigenvalue weighted by molar-refractivity contribution is -0.141. The standard InChI is InChI=1S/C16H19FN2O4/c1-3-22-8-9-23-15(20)13-10(2)18-16(21)19-14(13)11-4-6-12(17)7-5-11/h4-7,14H,3,8-9H2,1-2H3,(H2,18,19,21). The van der Waals surface area contributed by atoms with Gasteiger partial charge in [0.2, 0.25) is 0 Å². The van der Waals surface area contributed by atoms with E-state index in [4.69, 9.17) is 9.47 Å². The number of rotatable bonds is 6. The quantitative estimate of drug-likeness (QED) is 0.621. The maximum atomic E-state index is 13.1. The number of halogens is 1. The molecule has 6 nitrogen and oxygen atoms in total. The van der Waals surface area contributed by atoms with Crippen molar-refractivity contribution < 1.29 is 23.5 Å². The van der Waals surface area contributed by atoms with E-state index < -0.39 is 23.9 Å². The summed E-state index contributed by atoms with van der Waals surface area (Å²) in [6.07, 6.45) is 0. The minimum atomic E-state index is -0.691. The van der Waals surface area contributed by atoms with Crippen LogP contribution in [0.1, 0.15) is 25.5 Å². The van der Waals surface area contributed by atoms with Crippen LogP contribution in [0.3, 0.4) is 0 Å². The zero-order chi connectivity index (χ0) is 16.8. The highest BCUT2D eigenvalue weighted by molar-refractivity contribution is 5.95. The smallest absolute Gasteiger partial charge is 0.338 e. The highest BCUT2D eigenvalue weighted by Crippen LogP contribution is 2.27. The number of hydrogen-bond donors (Lipinski definition) is 2. The first-order valence-corrected chi connectivity index (χ1v) is 7.31. The number of carbonyl (C=O) groups excluding carboxylic acids is 2. The maximum absolute atomic E-state index is 13.1. The topological polar surface area (TPSA) is 76.7 Å². The molecule has 1 aliphatic heterocycles. The van der Waals surface area contributed by atoms with Crippen LogP contribution in [0.5, 0.6) is 0 Å². The van der Waals surface area contributed by atoms with E-state index in [2.05, 4.69) is 10.6 Å². The first kappa shape index (κ1) is 17.0. The number of nitrogens with one attached hydrogen (secondary N) is 2. The molecule has 0 spiro atoms. The van der Waals surface area contributed by atoms with Crippen LogP contribution >= 0.6 is 0 Å². The molecule has 0 saturated carbocycles. The molecule has 0 aromatic heterocycles. The molecule has 124 valence electrons. The largest absolute Gasteiger partial charge is 0.460 e. The minimum absolute atomic E-state index is 0.119. The molecule has 0 fully saturated rings. The predicted octanol–water partition coefficient (Wildman–Crippen LogP) is 2.03. The molecule has 2 rings (SSSR count). The molecule has 0 radical (unpaired) electrons. The Hall–Kier alpha value is -2.41. The van der Waals surface area contributed by atoms with Crippen LogP contribution in [0.25, 0.3) is 0 Å². The van der Waals surface area contributed by atoms with Crippen molar-refractivity contribution in [1.29, 1.82) is 0 Å². The Bertz CT molecular complexity index is 613. The maximum Gasteiger partial charge on any atom is 0.338 e. The third kappa shape index (κ3) is 4.29. The van der Waals surface area contributed by atoms with Crippen molar-refractivity contribution in [3.05, 3.63) is 46.9 Å². The number of amides is 2. The second-order valence-electron chi connectivity index (χ2n) is 4.95. The number of ether oxygens (including phenoxy) is 2. The van der Waals surface area contributed by atoms with Crippen molar-refractivity contribution in [2.75, 3.05) is 19.8 Å². The van der Waals surface area contributed by atoms with Crippen molar-refractivity contribution in [3.63, 3.8) is 0 Å². The van der Waals surface area contributed by atoms with Gasteiger partial charge in [-0.3, -0.25) is 0 Å². The number of benzene rings is 1. The van der Waals surface area contributed by atoms with Crippen molar-refractivity contribution >= 4 is 12.0 Å². The zero-order valence-electron chi connectivity index (χ0n) is 13.0. The zero-order valence-corrected chi connectivity index (χ0v) is 13.0. The van der Waals surface area contributed by atoms with Crippen LogP contribution in [0.15, 0.2) is 35.5 Å². The van der Waals surface area contributed by atoms with E-state index in [1.54, 1.807) is 6.92 Å². The third-order valence-corrected chi connectivity index (χ3v) is 3.36. The Morgan fingerprint density at radius 1 is 1.26 bits per heavy atom. The first-order chi connectivity index (χ1) is 11.0. The number of allylic oxidation sites excluding steroid dienone is 1. The molecule has 0 bridgehead atoms. The van der Waals surface area contributed by atoms with Gasteiger partial charge >= 0.3 is 12.0 Å². The van der Waals surface area contributed by atoms with Crippen molar-refractivity contribution in [2.45, 2.75) is 19.9 Å². The van der Waals surface area contributed by atoms with Crippen LogP contribution in [0.2, 0.25) is 0 Å². The summed E-state index contributed by atoms with van der Waals surface area (Å²) in [7, 11) is 0. The summed E-state index contributed by atoms with van der Waals surface area (Å²) in [5.41, 5.74) is 1.29. The number of hydrogen-bond acceptors (Lipinski definition) is 4. The molecule has 0 saturated heterocycles. The first-order valence-electron chi connectivity index (χ1n) is 7.31. The average molecular weight is 322 g/mol. The SMILES string of the molecule is CCOCCOC(=O)C1=C(C)NC(=O)NC1c1ccc(F)cc1. The van der Waals surface area contributed by atoms with Crippen molar-refractivity contribution in [2.24, 2.45) is 0 Å². The number of urea groups is 1. The Labute approximate surface area is 133 Å². The van der Waals surface area contributed by atoms with Gasteiger partial charge in [-0.1, -0.05) is 12.1 Å². The summed E-state index contributed by atoms with van der Waals surface area (Å²) in [5, 5.41) is 5.20. The lowest BCUT2D eigenvalue weighted by Gasteiger charge is -2.28. The minimum Gasteiger partial charge on any atom is -0.460 e. The average Bonchev–Trinajstić information content (AvgIpc) is 2.51. The van der Waals surface area contributed by atoms with Gasteiger partial charge in [-0.05, 0) is 31.5 Å². The van der Waals surface area contributed by atoms with Crippen LogP contribution in [0, 0.1) is 5.82 Å². The van der Waals surface area contributed by atoms with E-state index in [0.717, 1.165) is 0 Å². The van der Waals surface area contributed by atoms with Gasteiger partial charge in [0.05, 0.1) is 18.2 Å². The third-order valence-electron chi connectivity index (χ3n) is 3.36. The molecular weight excluding hydrogens is 303 g/mol. The molecule has 1 atom stereocenters. The molecule has 7 heteroatoms. The summed E-state index contributed by atoms with van der Waals surface area (Å²) in [6, 6.07) is 4.47. The lowest BCUT2D eigenvalue weighted by atomic mass is 9.95. The molecule has 1 aliphatic rings. The van der Waals surface area contributed by atoms with Gasteiger partial charge in [0.1, 0.15) is 12.4 Å². The van der Waals surface area contributed by atoms with E-state index in [1.807, 2.05) is 6.92 Å². The second-order valence-corrected chi connectivity index (χ2v) is 4.95. The lowest BCUT2D eigenvalue weighted by Crippen LogP contribution is -2.45. The van der Waals surface area contributed by atoms with E-state index in [0.29, 0.717) is 24.5 Å². The molecule has 1 unspecified atom stereocenters. The molecule has 1 aromatic rings. The van der Waals surface area contributed by atoms with Crippen LogP contribution < -0.4 is 10.6 Å². The van der Waals surface area contributed by atoms with E-state index in [-0.39, 0.29) is 12.2 Å². The molecule has 2 amide bonds. The fourth-order valence-corrected chi connectivity index (χ4v) is 2.29. The Morgan fingerprint density at radius 2 is 1.96 bits per heavy atom. The van der Waals surface area contributed by atoms with Gasteiger partial charge in [0.15, 0.2) is 0 Å². The van der Waals surface area contributed by atoms with Crippen LogP contribution in [-0.4, -0.2) is 31.8 Å². The summed E-state index contributed by atoms with van der Waals surface area (Å²) in [5.74, 6) is -0.945. The fraction of sp³-hybridized carbons (Fsp3) is 0.375. The summed E-state index contributed by atoms with van der Waals surface area (Å²) < 4.78 is 23.4. The van der Waals surface area contributed by atoms with Gasteiger partial charge in [-0.2, -0.15) is 0 Å². The molecule has 1 aromatic carbocycles. The summed E-state index contributed by atoms with van der Waals surface area (Å²) in [4.78, 5) is 24.0. The van der Waals surface area contributed by atoms with E-state index in [1.165, 1.54) is 24.3 Å². The summed E-state index contributed by atoms with van der Waals surface area (Å²) in [6.45, 7) is 4.42. The predicted molar refractivity (Wildman–Crippen MR) is 81.0 cm³/mol. The van der Waals surface area contributed by atoms with Gasteiger partial charge < -0.3 is 20.1 Å². The monoisotopic (exact) mass is 322 g/mol. The molecular formula is C16H19FN2O4. The normalized spacial score (nSPS) is 17.5. The van der Waals surface area contributed by atoms with Gasteiger partial charge in [0, 0.05) is 12.3 Å². The van der Waals surface area contributed by atoms with Gasteiger partial charge in [-0.25, -0.2) is 14.0 Å². The molecule has 0 aliphatic carbocycles.